The number of ether oxygens (including phenoxy) is 1. The Labute approximate surface area is 118 Å². The van der Waals surface area contributed by atoms with Gasteiger partial charge in [0.25, 0.3) is 0 Å². The molecule has 2 rings (SSSR count). The summed E-state index contributed by atoms with van der Waals surface area (Å²) in [6.45, 7) is 3.52. The van der Waals surface area contributed by atoms with E-state index in [2.05, 4.69) is 16.4 Å². The number of hydrogen-bond donors (Lipinski definition) is 1. The van der Waals surface area contributed by atoms with E-state index >= 15 is 0 Å². The van der Waals surface area contributed by atoms with Crippen molar-refractivity contribution in [2.24, 2.45) is 0 Å². The van der Waals surface area contributed by atoms with Crippen molar-refractivity contribution >= 4 is 11.9 Å². The van der Waals surface area contributed by atoms with E-state index in [1.807, 2.05) is 0 Å². The second kappa shape index (κ2) is 6.75. The Balaban J connectivity index is 1.89. The summed E-state index contributed by atoms with van der Waals surface area (Å²) in [7, 11) is 0. The molecule has 0 saturated carbocycles. The number of amides is 1. The highest BCUT2D eigenvalue weighted by Gasteiger charge is 2.24. The molecule has 1 N–H and O–H groups in total. The van der Waals surface area contributed by atoms with Crippen LogP contribution in [-0.2, 0) is 4.74 Å². The minimum Gasteiger partial charge on any atom is -0.450 e. The minimum absolute atomic E-state index is 0.225. The van der Waals surface area contributed by atoms with Crippen molar-refractivity contribution < 1.29 is 9.53 Å². The van der Waals surface area contributed by atoms with E-state index in [0.717, 1.165) is 12.8 Å². The first-order valence-electron chi connectivity index (χ1n) is 6.78. The number of aromatic nitrogens is 1. The fourth-order valence-corrected chi connectivity index (χ4v) is 2.23. The molecule has 106 valence electrons. The van der Waals surface area contributed by atoms with Crippen LogP contribution < -0.4 is 5.32 Å². The summed E-state index contributed by atoms with van der Waals surface area (Å²) in [5, 5.41) is 12.3. The number of hydrogen-bond acceptors (Lipinski definition) is 5. The Morgan fingerprint density at radius 3 is 3.00 bits per heavy atom. The lowest BCUT2D eigenvalue weighted by Gasteiger charge is -2.31. The molecule has 6 nitrogen and oxygen atoms in total. The van der Waals surface area contributed by atoms with E-state index in [1.54, 1.807) is 30.2 Å². The maximum absolute atomic E-state index is 11.6. The molecular weight excluding hydrogens is 256 g/mol. The van der Waals surface area contributed by atoms with Crippen molar-refractivity contribution in [1.82, 2.24) is 9.88 Å². The van der Waals surface area contributed by atoms with Gasteiger partial charge in [0.1, 0.15) is 11.9 Å². The van der Waals surface area contributed by atoms with Gasteiger partial charge in [-0.3, -0.25) is 0 Å². The summed E-state index contributed by atoms with van der Waals surface area (Å²) in [4.78, 5) is 17.5. The monoisotopic (exact) mass is 274 g/mol. The van der Waals surface area contributed by atoms with Gasteiger partial charge < -0.3 is 15.0 Å². The second-order valence-electron chi connectivity index (χ2n) is 4.62. The summed E-state index contributed by atoms with van der Waals surface area (Å²) >= 11 is 0. The van der Waals surface area contributed by atoms with Crippen molar-refractivity contribution in [3.05, 3.63) is 23.9 Å². The molecule has 1 amide bonds. The van der Waals surface area contributed by atoms with Crippen molar-refractivity contribution in [2.75, 3.05) is 25.0 Å². The highest BCUT2D eigenvalue weighted by molar-refractivity contribution is 5.67. The van der Waals surface area contributed by atoms with E-state index < -0.39 is 0 Å². The van der Waals surface area contributed by atoms with Crippen molar-refractivity contribution in [1.29, 1.82) is 5.26 Å². The van der Waals surface area contributed by atoms with Gasteiger partial charge in [-0.2, -0.15) is 5.26 Å². The summed E-state index contributed by atoms with van der Waals surface area (Å²) < 4.78 is 4.98. The van der Waals surface area contributed by atoms with Crippen LogP contribution in [0.25, 0.3) is 0 Å². The van der Waals surface area contributed by atoms with Crippen LogP contribution >= 0.6 is 0 Å². The highest BCUT2D eigenvalue weighted by Crippen LogP contribution is 2.18. The van der Waals surface area contributed by atoms with Crippen molar-refractivity contribution in [3.63, 3.8) is 0 Å². The van der Waals surface area contributed by atoms with Gasteiger partial charge in [-0.1, -0.05) is 0 Å². The van der Waals surface area contributed by atoms with Gasteiger partial charge in [0.05, 0.1) is 12.2 Å². The molecule has 1 saturated heterocycles. The molecule has 1 fully saturated rings. The normalized spacial score (nSPS) is 15.5. The molecular formula is C14H18N4O2. The van der Waals surface area contributed by atoms with Gasteiger partial charge in [-0.05, 0) is 31.9 Å². The molecule has 0 radical (unpaired) electrons. The largest absolute Gasteiger partial charge is 0.450 e. The van der Waals surface area contributed by atoms with Gasteiger partial charge in [0.15, 0.2) is 0 Å². The molecule has 1 aliphatic rings. The fourth-order valence-electron chi connectivity index (χ4n) is 2.23. The lowest BCUT2D eigenvalue weighted by molar-refractivity contribution is 0.0983. The first-order chi connectivity index (χ1) is 9.74. The molecule has 0 unspecified atom stereocenters. The smallest absolute Gasteiger partial charge is 0.409 e. The Morgan fingerprint density at radius 2 is 2.35 bits per heavy atom. The molecule has 2 heterocycles. The number of likely N-dealkylation sites (tertiary alicyclic amines) is 1. The summed E-state index contributed by atoms with van der Waals surface area (Å²) in [6.07, 6.45) is 3.05. The first kappa shape index (κ1) is 14.1. The zero-order valence-electron chi connectivity index (χ0n) is 11.5. The average molecular weight is 274 g/mol. The summed E-state index contributed by atoms with van der Waals surface area (Å²) in [6, 6.07) is 5.83. The lowest BCUT2D eigenvalue weighted by Crippen LogP contribution is -2.42. The number of pyridine rings is 1. The van der Waals surface area contributed by atoms with Gasteiger partial charge >= 0.3 is 6.09 Å². The van der Waals surface area contributed by atoms with E-state index in [0.29, 0.717) is 31.1 Å². The topological polar surface area (TPSA) is 78.2 Å². The molecule has 0 spiro atoms. The number of carbonyl (C=O) groups is 1. The number of carbonyl (C=O) groups excluding carboxylic acids is 1. The summed E-state index contributed by atoms with van der Waals surface area (Å²) in [5.41, 5.74) is 0.542. The zero-order chi connectivity index (χ0) is 14.4. The number of anilines is 1. The molecule has 20 heavy (non-hydrogen) atoms. The van der Waals surface area contributed by atoms with Gasteiger partial charge in [-0.25, -0.2) is 9.78 Å². The number of rotatable bonds is 3. The van der Waals surface area contributed by atoms with Crippen LogP contribution in [0.4, 0.5) is 10.6 Å². The maximum Gasteiger partial charge on any atom is 0.409 e. The zero-order valence-corrected chi connectivity index (χ0v) is 11.5. The molecule has 0 bridgehead atoms. The number of nitrogens with one attached hydrogen (secondary N) is 1. The summed E-state index contributed by atoms with van der Waals surface area (Å²) in [5.74, 6) is 0.615. The first-order valence-corrected chi connectivity index (χ1v) is 6.78. The second-order valence-corrected chi connectivity index (χ2v) is 4.62. The molecule has 0 aromatic carbocycles. The van der Waals surface area contributed by atoms with Gasteiger partial charge in [0, 0.05) is 25.3 Å². The van der Waals surface area contributed by atoms with Crippen LogP contribution in [-0.4, -0.2) is 41.7 Å². The molecule has 1 aromatic heterocycles. The quantitative estimate of drug-likeness (QED) is 0.911. The van der Waals surface area contributed by atoms with Crippen molar-refractivity contribution in [2.45, 2.75) is 25.8 Å². The number of nitrogens with zero attached hydrogens (tertiary/aromatic N) is 3. The van der Waals surface area contributed by atoms with Gasteiger partial charge in [0.2, 0.25) is 0 Å². The predicted molar refractivity (Wildman–Crippen MR) is 74.2 cm³/mol. The van der Waals surface area contributed by atoms with E-state index in [-0.39, 0.29) is 12.1 Å². The van der Waals surface area contributed by atoms with Crippen molar-refractivity contribution in [3.8, 4) is 6.07 Å². The highest BCUT2D eigenvalue weighted by atomic mass is 16.6. The third-order valence-electron chi connectivity index (χ3n) is 3.29. The van der Waals surface area contributed by atoms with Crippen LogP contribution in [0.1, 0.15) is 25.3 Å². The van der Waals surface area contributed by atoms with Crippen LogP contribution in [0.15, 0.2) is 18.3 Å². The van der Waals surface area contributed by atoms with E-state index in [4.69, 9.17) is 10.00 Å². The Kier molecular flexibility index (Phi) is 4.77. The SMILES string of the molecule is CCOC(=O)N1CCC(Nc2ncccc2C#N)CC1. The molecule has 1 aromatic rings. The maximum atomic E-state index is 11.6. The predicted octanol–water partition coefficient (Wildman–Crippen LogP) is 1.99. The average Bonchev–Trinajstić information content (AvgIpc) is 2.49. The van der Waals surface area contributed by atoms with E-state index in [9.17, 15) is 4.79 Å². The third kappa shape index (κ3) is 3.38. The number of piperidine rings is 1. The Bertz CT molecular complexity index is 504. The van der Waals surface area contributed by atoms with Crippen LogP contribution in [0.3, 0.4) is 0 Å². The lowest BCUT2D eigenvalue weighted by atomic mass is 10.1. The fraction of sp³-hybridized carbons (Fsp3) is 0.500. The molecule has 6 heteroatoms. The third-order valence-corrected chi connectivity index (χ3v) is 3.29. The van der Waals surface area contributed by atoms with E-state index in [1.165, 1.54) is 0 Å². The van der Waals surface area contributed by atoms with Crippen LogP contribution in [0, 0.1) is 11.3 Å². The molecule has 0 atom stereocenters. The molecule has 0 aliphatic carbocycles. The Hall–Kier alpha value is -2.29. The minimum atomic E-state index is -0.249. The molecule has 1 aliphatic heterocycles. The standard InChI is InChI=1S/C14H18N4O2/c1-2-20-14(19)18-8-5-12(6-9-18)17-13-11(10-15)4-3-7-16-13/h3-4,7,12H,2,5-6,8-9H2,1H3,(H,16,17). The van der Waals surface area contributed by atoms with Crippen LogP contribution in [0.5, 0.6) is 0 Å². The van der Waals surface area contributed by atoms with Crippen LogP contribution in [0.2, 0.25) is 0 Å². The Morgan fingerprint density at radius 1 is 1.60 bits per heavy atom. The number of nitriles is 1. The van der Waals surface area contributed by atoms with Gasteiger partial charge in [-0.15, -0.1) is 0 Å².